The average molecular weight is 584 g/mol. The molecular weight excluding hydrogens is 550 g/mol. The number of pyridine rings is 1. The molecule has 2 fully saturated rings. The van der Waals surface area contributed by atoms with E-state index in [4.69, 9.17) is 9.47 Å². The van der Waals surface area contributed by atoms with E-state index in [2.05, 4.69) is 31.5 Å². The molecular formula is C32H33N5O4S. The second kappa shape index (κ2) is 12.7. The van der Waals surface area contributed by atoms with Gasteiger partial charge in [-0.2, -0.15) is 0 Å². The number of hydrogen-bond donors (Lipinski definition) is 2. The summed E-state index contributed by atoms with van der Waals surface area (Å²) in [5.74, 6) is -0.533. The zero-order valence-electron chi connectivity index (χ0n) is 23.5. The van der Waals surface area contributed by atoms with Crippen LogP contribution in [-0.4, -0.2) is 69.4 Å². The van der Waals surface area contributed by atoms with Gasteiger partial charge in [-0.1, -0.05) is 12.1 Å². The lowest BCUT2D eigenvalue weighted by molar-refractivity contribution is 0.101. The van der Waals surface area contributed by atoms with Crippen LogP contribution in [0.4, 0.5) is 22.7 Å². The number of nitrogens with one attached hydrogen (secondary N) is 2. The minimum Gasteiger partial charge on any atom is -0.378 e. The summed E-state index contributed by atoms with van der Waals surface area (Å²) in [7, 11) is 0. The van der Waals surface area contributed by atoms with Crippen LogP contribution in [0, 0.1) is 6.92 Å². The van der Waals surface area contributed by atoms with Crippen LogP contribution >= 0.6 is 11.3 Å². The molecule has 4 aromatic rings. The number of rotatable bonds is 7. The number of benzene rings is 2. The topological polar surface area (TPSA) is 96.0 Å². The summed E-state index contributed by atoms with van der Waals surface area (Å²) in [6.07, 6.45) is 3.29. The fourth-order valence-electron chi connectivity index (χ4n) is 5.11. The second-order valence-electron chi connectivity index (χ2n) is 10.3. The van der Waals surface area contributed by atoms with Crippen molar-refractivity contribution in [1.82, 2.24) is 4.98 Å². The Bertz CT molecular complexity index is 1530. The van der Waals surface area contributed by atoms with Gasteiger partial charge in [-0.3, -0.25) is 14.6 Å². The maximum absolute atomic E-state index is 13.5. The fourth-order valence-corrected chi connectivity index (χ4v) is 5.82. The molecule has 2 aromatic carbocycles. The molecule has 0 spiro atoms. The molecule has 42 heavy (non-hydrogen) atoms. The van der Waals surface area contributed by atoms with Crippen molar-refractivity contribution in [2.24, 2.45) is 0 Å². The predicted molar refractivity (Wildman–Crippen MR) is 167 cm³/mol. The van der Waals surface area contributed by atoms with Crippen molar-refractivity contribution in [3.8, 4) is 10.4 Å². The molecule has 0 saturated carbocycles. The molecule has 2 amide bonds. The Morgan fingerprint density at radius 1 is 0.786 bits per heavy atom. The highest BCUT2D eigenvalue weighted by atomic mass is 32.1. The molecule has 2 aliphatic rings. The SMILES string of the molecule is Cc1ccc(C(=O)Nc2cc(N3CCOCC3)cc(N3CCOCC3)c2)cc1NC(=O)c1cncc(-c2cccs2)c1. The van der Waals surface area contributed by atoms with E-state index in [1.54, 1.807) is 35.9 Å². The summed E-state index contributed by atoms with van der Waals surface area (Å²) < 4.78 is 11.1. The number of amides is 2. The van der Waals surface area contributed by atoms with E-state index >= 15 is 0 Å². The predicted octanol–water partition coefficient (Wildman–Crippen LogP) is 5.30. The molecule has 216 valence electrons. The first-order chi connectivity index (χ1) is 20.5. The Hall–Kier alpha value is -4.25. The Morgan fingerprint density at radius 2 is 1.45 bits per heavy atom. The molecule has 0 unspecified atom stereocenters. The van der Waals surface area contributed by atoms with Crippen LogP contribution in [0.1, 0.15) is 26.3 Å². The van der Waals surface area contributed by atoms with Gasteiger partial charge in [0.05, 0.1) is 32.0 Å². The summed E-state index contributed by atoms with van der Waals surface area (Å²) in [4.78, 5) is 36.5. The number of carbonyl (C=O) groups excluding carboxylic acids is 2. The molecule has 10 heteroatoms. The average Bonchev–Trinajstić information content (AvgIpc) is 3.58. The van der Waals surface area contributed by atoms with E-state index in [1.807, 2.05) is 48.7 Å². The van der Waals surface area contributed by atoms with Gasteiger partial charge in [-0.05, 0) is 60.3 Å². The van der Waals surface area contributed by atoms with Crippen LogP contribution in [0.3, 0.4) is 0 Å². The van der Waals surface area contributed by atoms with Gasteiger partial charge in [-0.15, -0.1) is 11.3 Å². The summed E-state index contributed by atoms with van der Waals surface area (Å²) >= 11 is 1.59. The molecule has 0 radical (unpaired) electrons. The monoisotopic (exact) mass is 583 g/mol. The summed E-state index contributed by atoms with van der Waals surface area (Å²) in [5.41, 5.74) is 6.03. The van der Waals surface area contributed by atoms with Crippen molar-refractivity contribution in [3.05, 3.63) is 89.1 Å². The smallest absolute Gasteiger partial charge is 0.257 e. The molecule has 0 aliphatic carbocycles. The molecule has 0 bridgehead atoms. The largest absolute Gasteiger partial charge is 0.378 e. The van der Waals surface area contributed by atoms with Gasteiger partial charge >= 0.3 is 0 Å². The normalized spacial score (nSPS) is 15.4. The molecule has 9 nitrogen and oxygen atoms in total. The van der Waals surface area contributed by atoms with Crippen LogP contribution in [0.5, 0.6) is 0 Å². The van der Waals surface area contributed by atoms with E-state index in [1.165, 1.54) is 0 Å². The number of aryl methyl sites for hydroxylation is 1. The number of carbonyl (C=O) groups is 2. The first kappa shape index (κ1) is 27.9. The van der Waals surface area contributed by atoms with Crippen LogP contribution in [-0.2, 0) is 9.47 Å². The summed E-state index contributed by atoms with van der Waals surface area (Å²) in [5, 5.41) is 8.06. The zero-order valence-corrected chi connectivity index (χ0v) is 24.3. The quantitative estimate of drug-likeness (QED) is 0.305. The van der Waals surface area contributed by atoms with Crippen molar-refractivity contribution in [1.29, 1.82) is 0 Å². The van der Waals surface area contributed by atoms with Crippen molar-refractivity contribution in [2.45, 2.75) is 6.92 Å². The van der Waals surface area contributed by atoms with Crippen molar-refractivity contribution < 1.29 is 19.1 Å². The van der Waals surface area contributed by atoms with Crippen molar-refractivity contribution in [2.75, 3.05) is 73.0 Å². The zero-order chi connectivity index (χ0) is 28.9. The fraction of sp³-hybridized carbons (Fsp3) is 0.281. The van der Waals surface area contributed by atoms with E-state index in [0.29, 0.717) is 48.9 Å². The third-order valence-corrected chi connectivity index (χ3v) is 8.39. The highest BCUT2D eigenvalue weighted by Gasteiger charge is 2.19. The lowest BCUT2D eigenvalue weighted by Gasteiger charge is -2.33. The van der Waals surface area contributed by atoms with Gasteiger partial charge in [0.1, 0.15) is 0 Å². The summed E-state index contributed by atoms with van der Waals surface area (Å²) in [6.45, 7) is 7.80. The third kappa shape index (κ3) is 6.46. The molecule has 4 heterocycles. The van der Waals surface area contributed by atoms with Gasteiger partial charge in [0.2, 0.25) is 0 Å². The lowest BCUT2D eigenvalue weighted by atomic mass is 10.1. The minimum absolute atomic E-state index is 0.251. The summed E-state index contributed by atoms with van der Waals surface area (Å²) in [6, 6.07) is 17.3. The Labute approximate surface area is 249 Å². The number of anilines is 4. The lowest BCUT2D eigenvalue weighted by Crippen LogP contribution is -2.38. The first-order valence-corrected chi connectivity index (χ1v) is 14.9. The third-order valence-electron chi connectivity index (χ3n) is 7.47. The van der Waals surface area contributed by atoms with Gasteiger partial charge in [-0.25, -0.2) is 0 Å². The molecule has 2 aliphatic heterocycles. The standard InChI is InChI=1S/C32H33N5O4S/c1-22-4-5-23(16-29(22)35-32(39)25-15-24(20-33-21-25)30-3-2-14-42-30)31(38)34-26-17-27(36-6-10-40-11-7-36)19-28(18-26)37-8-12-41-13-9-37/h2-5,14-21H,6-13H2,1H3,(H,34,38)(H,35,39). The Kier molecular flexibility index (Phi) is 8.45. The number of hydrogen-bond acceptors (Lipinski definition) is 8. The van der Waals surface area contributed by atoms with Crippen molar-refractivity contribution >= 4 is 45.9 Å². The van der Waals surface area contributed by atoms with E-state index in [0.717, 1.165) is 53.6 Å². The Balaban J connectivity index is 1.21. The van der Waals surface area contributed by atoms with E-state index in [-0.39, 0.29) is 11.8 Å². The number of ether oxygens (including phenoxy) is 2. The van der Waals surface area contributed by atoms with Crippen LogP contribution in [0.15, 0.2) is 72.4 Å². The number of thiophene rings is 1. The number of nitrogens with zero attached hydrogens (tertiary/aromatic N) is 3. The number of morpholine rings is 2. The molecule has 2 N–H and O–H groups in total. The van der Waals surface area contributed by atoms with Gasteiger partial charge in [0.25, 0.3) is 11.8 Å². The van der Waals surface area contributed by atoms with Crippen LogP contribution in [0.25, 0.3) is 10.4 Å². The maximum atomic E-state index is 13.5. The second-order valence-corrected chi connectivity index (χ2v) is 11.3. The van der Waals surface area contributed by atoms with Crippen LogP contribution < -0.4 is 20.4 Å². The molecule has 0 atom stereocenters. The number of aromatic nitrogens is 1. The van der Waals surface area contributed by atoms with Crippen LogP contribution in [0.2, 0.25) is 0 Å². The van der Waals surface area contributed by atoms with Gasteiger partial charge in [0.15, 0.2) is 0 Å². The molecule has 2 saturated heterocycles. The minimum atomic E-state index is -0.282. The molecule has 2 aromatic heterocycles. The Morgan fingerprint density at radius 3 is 2.10 bits per heavy atom. The van der Waals surface area contributed by atoms with E-state index in [9.17, 15) is 9.59 Å². The van der Waals surface area contributed by atoms with Gasteiger partial charge in [0, 0.05) is 77.3 Å². The highest BCUT2D eigenvalue weighted by molar-refractivity contribution is 7.13. The first-order valence-electron chi connectivity index (χ1n) is 14.1. The van der Waals surface area contributed by atoms with Gasteiger partial charge < -0.3 is 29.9 Å². The maximum Gasteiger partial charge on any atom is 0.257 e. The van der Waals surface area contributed by atoms with Crippen molar-refractivity contribution in [3.63, 3.8) is 0 Å². The highest BCUT2D eigenvalue weighted by Crippen LogP contribution is 2.30. The van der Waals surface area contributed by atoms with E-state index < -0.39 is 0 Å². The molecule has 6 rings (SSSR count).